The highest BCUT2D eigenvalue weighted by Crippen LogP contribution is 2.20. The standard InChI is InChI=1S/C19H27FN4O.HI/c1-4-24(5-2)18-9-8-15(13-17(18)20)14-23-19(21-3)22-11-10-16-7-6-12-25-16;/h6-9,12-13H,4-5,10-11,14H2,1-3H3,(H2,21,22,23);1H. The van der Waals surface area contributed by atoms with Crippen LogP contribution in [0.4, 0.5) is 10.1 Å². The van der Waals surface area contributed by atoms with Crippen molar-refractivity contribution >= 4 is 35.6 Å². The maximum atomic E-state index is 14.3. The predicted octanol–water partition coefficient (Wildman–Crippen LogP) is 3.79. The summed E-state index contributed by atoms with van der Waals surface area (Å²) >= 11 is 0. The van der Waals surface area contributed by atoms with Crippen LogP contribution >= 0.6 is 24.0 Å². The fourth-order valence-corrected chi connectivity index (χ4v) is 2.65. The molecule has 0 unspecified atom stereocenters. The minimum absolute atomic E-state index is 0. The van der Waals surface area contributed by atoms with Gasteiger partial charge in [-0.2, -0.15) is 0 Å². The van der Waals surface area contributed by atoms with Gasteiger partial charge >= 0.3 is 0 Å². The molecule has 0 aliphatic carbocycles. The van der Waals surface area contributed by atoms with Crippen LogP contribution < -0.4 is 15.5 Å². The molecule has 144 valence electrons. The maximum absolute atomic E-state index is 14.3. The summed E-state index contributed by atoms with van der Waals surface area (Å²) in [6, 6.07) is 9.18. The van der Waals surface area contributed by atoms with Crippen molar-refractivity contribution in [2.24, 2.45) is 4.99 Å². The van der Waals surface area contributed by atoms with Gasteiger partial charge in [-0.05, 0) is 43.7 Å². The third-order valence-electron chi connectivity index (χ3n) is 4.04. The zero-order valence-corrected chi connectivity index (χ0v) is 17.9. The molecule has 0 aliphatic heterocycles. The van der Waals surface area contributed by atoms with Crippen molar-refractivity contribution < 1.29 is 8.81 Å². The number of halogens is 2. The molecule has 0 aliphatic rings. The van der Waals surface area contributed by atoms with Crippen LogP contribution in [0, 0.1) is 5.82 Å². The van der Waals surface area contributed by atoms with Gasteiger partial charge in [0.25, 0.3) is 0 Å². The summed E-state index contributed by atoms with van der Waals surface area (Å²) in [6.45, 7) is 6.85. The molecule has 0 atom stereocenters. The highest BCUT2D eigenvalue weighted by Gasteiger charge is 2.09. The zero-order valence-electron chi connectivity index (χ0n) is 15.6. The topological polar surface area (TPSA) is 52.8 Å². The fourth-order valence-electron chi connectivity index (χ4n) is 2.65. The number of guanidine groups is 1. The van der Waals surface area contributed by atoms with Crippen LogP contribution in [0.5, 0.6) is 0 Å². The average molecular weight is 474 g/mol. The first-order valence-corrected chi connectivity index (χ1v) is 8.68. The first kappa shape index (κ1) is 22.3. The number of furan rings is 1. The van der Waals surface area contributed by atoms with Crippen molar-refractivity contribution in [3.05, 3.63) is 53.7 Å². The van der Waals surface area contributed by atoms with Gasteiger partial charge in [-0.1, -0.05) is 6.07 Å². The number of nitrogens with zero attached hydrogens (tertiary/aromatic N) is 2. The molecule has 0 fully saturated rings. The fraction of sp³-hybridized carbons (Fsp3) is 0.421. The van der Waals surface area contributed by atoms with E-state index in [-0.39, 0.29) is 29.8 Å². The van der Waals surface area contributed by atoms with Crippen molar-refractivity contribution in [1.82, 2.24) is 10.6 Å². The molecule has 2 rings (SSSR count). The second-order valence-corrected chi connectivity index (χ2v) is 5.64. The molecule has 0 radical (unpaired) electrons. The number of hydrogen-bond donors (Lipinski definition) is 2. The molecule has 0 bridgehead atoms. The van der Waals surface area contributed by atoms with E-state index in [1.54, 1.807) is 19.4 Å². The molecule has 26 heavy (non-hydrogen) atoms. The number of aliphatic imine (C=N–C) groups is 1. The van der Waals surface area contributed by atoms with Crippen LogP contribution in [0.3, 0.4) is 0 Å². The highest BCUT2D eigenvalue weighted by atomic mass is 127. The molecule has 0 saturated carbocycles. The van der Waals surface area contributed by atoms with Crippen LogP contribution in [-0.2, 0) is 13.0 Å². The minimum atomic E-state index is -0.191. The Hall–Kier alpha value is -1.77. The highest BCUT2D eigenvalue weighted by molar-refractivity contribution is 14.0. The van der Waals surface area contributed by atoms with Crippen LogP contribution in [-0.4, -0.2) is 32.6 Å². The smallest absolute Gasteiger partial charge is 0.191 e. The third kappa shape index (κ3) is 6.51. The van der Waals surface area contributed by atoms with Crippen molar-refractivity contribution in [3.8, 4) is 0 Å². The second kappa shape index (κ2) is 11.8. The van der Waals surface area contributed by atoms with Gasteiger partial charge < -0.3 is 20.0 Å². The van der Waals surface area contributed by atoms with Crippen LogP contribution in [0.1, 0.15) is 25.2 Å². The summed E-state index contributed by atoms with van der Waals surface area (Å²) in [5.41, 5.74) is 1.53. The largest absolute Gasteiger partial charge is 0.469 e. The van der Waals surface area contributed by atoms with E-state index in [1.165, 1.54) is 0 Å². The molecule has 7 heteroatoms. The SMILES string of the molecule is CCN(CC)c1ccc(CNC(=NC)NCCc2ccco2)cc1F.I. The molecule has 5 nitrogen and oxygen atoms in total. The maximum Gasteiger partial charge on any atom is 0.191 e. The molecule has 0 saturated heterocycles. The van der Waals surface area contributed by atoms with E-state index in [0.717, 1.165) is 30.8 Å². The van der Waals surface area contributed by atoms with Crippen molar-refractivity contribution in [1.29, 1.82) is 0 Å². The predicted molar refractivity (Wildman–Crippen MR) is 116 cm³/mol. The first-order chi connectivity index (χ1) is 12.2. The lowest BCUT2D eigenvalue weighted by Crippen LogP contribution is -2.37. The summed E-state index contributed by atoms with van der Waals surface area (Å²) < 4.78 is 19.6. The normalized spacial score (nSPS) is 11.0. The average Bonchev–Trinajstić information content (AvgIpc) is 3.14. The number of anilines is 1. The number of hydrogen-bond acceptors (Lipinski definition) is 3. The molecule has 1 aromatic carbocycles. The monoisotopic (exact) mass is 474 g/mol. The van der Waals surface area contributed by atoms with Crippen molar-refractivity contribution in [3.63, 3.8) is 0 Å². The van der Waals surface area contributed by atoms with E-state index in [0.29, 0.717) is 24.7 Å². The first-order valence-electron chi connectivity index (χ1n) is 8.68. The molecule has 2 N–H and O–H groups in total. The van der Waals surface area contributed by atoms with Crippen LogP contribution in [0.15, 0.2) is 46.0 Å². The van der Waals surface area contributed by atoms with E-state index < -0.39 is 0 Å². The van der Waals surface area contributed by atoms with E-state index in [1.807, 2.05) is 43.0 Å². The van der Waals surface area contributed by atoms with Gasteiger partial charge in [0.15, 0.2) is 5.96 Å². The summed E-state index contributed by atoms with van der Waals surface area (Å²) in [5.74, 6) is 1.42. The van der Waals surface area contributed by atoms with E-state index >= 15 is 0 Å². The lowest BCUT2D eigenvalue weighted by atomic mass is 10.2. The minimum Gasteiger partial charge on any atom is -0.469 e. The molecule has 2 aromatic rings. The Balaban J connectivity index is 0.00000338. The van der Waals surface area contributed by atoms with Gasteiger partial charge in [0.1, 0.15) is 11.6 Å². The third-order valence-corrected chi connectivity index (χ3v) is 4.04. The number of nitrogens with one attached hydrogen (secondary N) is 2. The zero-order chi connectivity index (χ0) is 18.1. The Morgan fingerprint density at radius 2 is 1.96 bits per heavy atom. The van der Waals surface area contributed by atoms with Gasteiger partial charge in [0, 0.05) is 39.6 Å². The molecule has 1 aromatic heterocycles. The number of benzene rings is 1. The molecular formula is C19H28FIN4O. The van der Waals surface area contributed by atoms with Gasteiger partial charge in [-0.15, -0.1) is 24.0 Å². The van der Waals surface area contributed by atoms with E-state index in [9.17, 15) is 4.39 Å². The van der Waals surface area contributed by atoms with E-state index in [4.69, 9.17) is 4.42 Å². The van der Waals surface area contributed by atoms with Gasteiger partial charge in [0.05, 0.1) is 12.0 Å². The summed E-state index contributed by atoms with van der Waals surface area (Å²) in [7, 11) is 1.71. The van der Waals surface area contributed by atoms with E-state index in [2.05, 4.69) is 15.6 Å². The summed E-state index contributed by atoms with van der Waals surface area (Å²) in [6.07, 6.45) is 2.44. The molecular weight excluding hydrogens is 446 g/mol. The summed E-state index contributed by atoms with van der Waals surface area (Å²) in [4.78, 5) is 6.18. The second-order valence-electron chi connectivity index (χ2n) is 5.64. The molecule has 0 amide bonds. The number of rotatable bonds is 8. The molecule has 0 spiro atoms. The van der Waals surface area contributed by atoms with Crippen LogP contribution in [0.25, 0.3) is 0 Å². The quantitative estimate of drug-likeness (QED) is 0.348. The summed E-state index contributed by atoms with van der Waals surface area (Å²) in [5, 5.41) is 6.42. The Morgan fingerprint density at radius 1 is 1.19 bits per heavy atom. The Bertz CT molecular complexity index is 672. The lowest BCUT2D eigenvalue weighted by molar-refractivity contribution is 0.507. The van der Waals surface area contributed by atoms with Gasteiger partial charge in [-0.25, -0.2) is 4.39 Å². The lowest BCUT2D eigenvalue weighted by Gasteiger charge is -2.22. The Morgan fingerprint density at radius 3 is 2.54 bits per heavy atom. The van der Waals surface area contributed by atoms with Gasteiger partial charge in [-0.3, -0.25) is 4.99 Å². The van der Waals surface area contributed by atoms with Crippen molar-refractivity contribution in [2.75, 3.05) is 31.6 Å². The molecule has 1 heterocycles. The van der Waals surface area contributed by atoms with Crippen molar-refractivity contribution in [2.45, 2.75) is 26.8 Å². The Kier molecular flexibility index (Phi) is 10.1. The van der Waals surface area contributed by atoms with Crippen LogP contribution in [0.2, 0.25) is 0 Å². The Labute approximate surface area is 172 Å². The van der Waals surface area contributed by atoms with Gasteiger partial charge in [0.2, 0.25) is 0 Å².